The van der Waals surface area contributed by atoms with Gasteiger partial charge in [0.15, 0.2) is 0 Å². The topological polar surface area (TPSA) is 0 Å². The van der Waals surface area contributed by atoms with Crippen LogP contribution in [0.2, 0.25) is 24.2 Å². The predicted octanol–water partition coefficient (Wildman–Crippen LogP) is 9.69. The van der Waals surface area contributed by atoms with E-state index in [1.54, 1.807) is 37.7 Å². The van der Waals surface area contributed by atoms with Crippen LogP contribution in [0.15, 0.2) is 30.3 Å². The average molecular weight is 451 g/mol. The van der Waals surface area contributed by atoms with Crippen molar-refractivity contribution < 1.29 is 0 Å². The number of benzene rings is 1. The second-order valence-electron chi connectivity index (χ2n) is 13.2. The van der Waals surface area contributed by atoms with Crippen LogP contribution in [0, 0.1) is 35.5 Å². The minimum atomic E-state index is -1.33. The lowest BCUT2D eigenvalue weighted by atomic mass is 9.71. The first kappa shape index (κ1) is 23.2. The normalized spacial score (nSPS) is 41.9. The zero-order valence-electron chi connectivity index (χ0n) is 21.6. The van der Waals surface area contributed by atoms with Gasteiger partial charge in [0.05, 0.1) is 8.07 Å². The largest absolute Gasteiger partial charge is 0.0689 e. The van der Waals surface area contributed by atoms with E-state index in [-0.39, 0.29) is 0 Å². The van der Waals surface area contributed by atoms with Gasteiger partial charge in [0, 0.05) is 0 Å². The van der Waals surface area contributed by atoms with E-state index in [1.165, 1.54) is 44.9 Å². The molecule has 178 valence electrons. The van der Waals surface area contributed by atoms with Gasteiger partial charge < -0.3 is 0 Å². The lowest BCUT2D eigenvalue weighted by Crippen LogP contribution is -2.45. The summed E-state index contributed by atoms with van der Waals surface area (Å²) in [5, 5.41) is 0. The minimum Gasteiger partial charge on any atom is -0.0689 e. The van der Waals surface area contributed by atoms with Gasteiger partial charge in [-0.2, -0.15) is 0 Å². The Morgan fingerprint density at radius 3 is 2.28 bits per heavy atom. The van der Waals surface area contributed by atoms with Gasteiger partial charge in [-0.15, -0.1) is 0 Å². The highest BCUT2D eigenvalue weighted by Gasteiger charge is 2.58. The van der Waals surface area contributed by atoms with E-state index in [4.69, 9.17) is 0 Å². The third kappa shape index (κ3) is 4.07. The van der Waals surface area contributed by atoms with Gasteiger partial charge >= 0.3 is 0 Å². The van der Waals surface area contributed by atoms with E-state index in [0.717, 1.165) is 52.5 Å². The molecule has 0 saturated heterocycles. The quantitative estimate of drug-likeness (QED) is 0.378. The molecule has 0 amide bonds. The van der Waals surface area contributed by atoms with Crippen molar-refractivity contribution >= 4 is 8.07 Å². The van der Waals surface area contributed by atoms with E-state index in [1.807, 2.05) is 0 Å². The standard InChI is InChI=1S/C31H50Si/c1-5-6-13-24-21-30(27-17-11-10-16-26(24)27)32(3,4)31-22(2)20-29-25(18-12-19-28(29)31)23-14-8-7-9-15-23/h7-9,14-15,22,24-31H,5-6,10-13,16-21H2,1-4H3. The van der Waals surface area contributed by atoms with Gasteiger partial charge in [-0.05, 0) is 83.8 Å². The number of rotatable bonds is 6. The predicted molar refractivity (Wildman–Crippen MR) is 142 cm³/mol. The molecular formula is C31H50Si. The number of hydrogen-bond donors (Lipinski definition) is 0. The molecule has 4 aliphatic rings. The smallest absolute Gasteiger partial charge is 0.0544 e. The van der Waals surface area contributed by atoms with E-state index >= 15 is 0 Å². The summed E-state index contributed by atoms with van der Waals surface area (Å²) < 4.78 is 0. The molecule has 0 N–H and O–H groups in total. The summed E-state index contributed by atoms with van der Waals surface area (Å²) in [7, 11) is -1.33. The SMILES string of the molecule is CCCCC1CC([Si](C)(C)C2C(C)CC3C(c4ccccc4)CCCC32)C2CCCCC12. The molecule has 0 heterocycles. The number of hydrogen-bond acceptors (Lipinski definition) is 0. The highest BCUT2D eigenvalue weighted by atomic mass is 28.3. The second-order valence-corrected chi connectivity index (χ2v) is 18.2. The Labute approximate surface area is 200 Å². The van der Waals surface area contributed by atoms with Crippen molar-refractivity contribution in [2.45, 2.75) is 121 Å². The van der Waals surface area contributed by atoms with E-state index in [0.29, 0.717) is 0 Å². The van der Waals surface area contributed by atoms with E-state index in [2.05, 4.69) is 57.3 Å². The molecule has 0 nitrogen and oxygen atoms in total. The first-order valence-corrected chi connectivity index (χ1v) is 17.7. The summed E-state index contributed by atoms with van der Waals surface area (Å²) in [6.07, 6.45) is 18.2. The molecular weight excluding hydrogens is 400 g/mol. The van der Waals surface area contributed by atoms with Crippen molar-refractivity contribution in [3.63, 3.8) is 0 Å². The minimum absolute atomic E-state index is 0.843. The molecule has 5 rings (SSSR count). The molecule has 4 aliphatic carbocycles. The van der Waals surface area contributed by atoms with Crippen molar-refractivity contribution in [1.29, 1.82) is 0 Å². The lowest BCUT2D eigenvalue weighted by molar-refractivity contribution is 0.215. The van der Waals surface area contributed by atoms with Crippen molar-refractivity contribution in [2.24, 2.45) is 35.5 Å². The Morgan fingerprint density at radius 2 is 1.53 bits per heavy atom. The van der Waals surface area contributed by atoms with E-state index in [9.17, 15) is 0 Å². The molecule has 9 unspecified atom stereocenters. The fourth-order valence-electron chi connectivity index (χ4n) is 10.3. The van der Waals surface area contributed by atoms with Crippen molar-refractivity contribution in [1.82, 2.24) is 0 Å². The van der Waals surface area contributed by atoms with Crippen LogP contribution in [0.1, 0.15) is 102 Å². The Balaban J connectivity index is 1.39. The Bertz CT molecular complexity index is 738. The van der Waals surface area contributed by atoms with Gasteiger partial charge in [-0.1, -0.05) is 109 Å². The summed E-state index contributed by atoms with van der Waals surface area (Å²) in [4.78, 5) is 0. The second kappa shape index (κ2) is 9.59. The van der Waals surface area contributed by atoms with Crippen LogP contribution in [0.5, 0.6) is 0 Å². The van der Waals surface area contributed by atoms with Gasteiger partial charge in [-0.3, -0.25) is 0 Å². The van der Waals surface area contributed by atoms with Gasteiger partial charge in [0.2, 0.25) is 0 Å². The molecule has 32 heavy (non-hydrogen) atoms. The maximum atomic E-state index is 2.89. The van der Waals surface area contributed by atoms with Crippen LogP contribution in [0.25, 0.3) is 0 Å². The first-order valence-electron chi connectivity index (χ1n) is 14.6. The third-order valence-electron chi connectivity index (χ3n) is 11.4. The molecule has 0 spiro atoms. The van der Waals surface area contributed by atoms with Crippen LogP contribution in [0.3, 0.4) is 0 Å². The lowest BCUT2D eigenvalue weighted by Gasteiger charge is -2.47. The molecule has 4 saturated carbocycles. The van der Waals surface area contributed by atoms with Crippen LogP contribution >= 0.6 is 0 Å². The maximum absolute atomic E-state index is 2.89. The maximum Gasteiger partial charge on any atom is 0.0544 e. The zero-order chi connectivity index (χ0) is 22.3. The highest BCUT2D eigenvalue weighted by molar-refractivity contribution is 6.80. The molecule has 0 radical (unpaired) electrons. The van der Waals surface area contributed by atoms with Crippen LogP contribution < -0.4 is 0 Å². The summed E-state index contributed by atoms with van der Waals surface area (Å²) in [6.45, 7) is 10.9. The number of unbranched alkanes of at least 4 members (excludes halogenated alkanes) is 1. The van der Waals surface area contributed by atoms with Crippen molar-refractivity contribution in [3.8, 4) is 0 Å². The van der Waals surface area contributed by atoms with Crippen LogP contribution in [-0.2, 0) is 0 Å². The summed E-state index contributed by atoms with van der Waals surface area (Å²) in [6, 6.07) is 11.7. The molecule has 1 aromatic rings. The number of fused-ring (bicyclic) bond motifs is 2. The van der Waals surface area contributed by atoms with Gasteiger partial charge in [0.25, 0.3) is 0 Å². The molecule has 1 aromatic carbocycles. The monoisotopic (exact) mass is 450 g/mol. The molecule has 4 fully saturated rings. The van der Waals surface area contributed by atoms with Gasteiger partial charge in [-0.25, -0.2) is 0 Å². The fraction of sp³-hybridized carbons (Fsp3) is 0.806. The van der Waals surface area contributed by atoms with E-state index < -0.39 is 8.07 Å². The summed E-state index contributed by atoms with van der Waals surface area (Å²) in [5.74, 6) is 7.09. The summed E-state index contributed by atoms with van der Waals surface area (Å²) >= 11 is 0. The van der Waals surface area contributed by atoms with Crippen molar-refractivity contribution in [2.75, 3.05) is 0 Å². The highest BCUT2D eigenvalue weighted by Crippen LogP contribution is 2.66. The molecule has 9 atom stereocenters. The molecule has 1 heteroatoms. The third-order valence-corrected chi connectivity index (χ3v) is 16.7. The molecule has 0 aromatic heterocycles. The van der Waals surface area contributed by atoms with Gasteiger partial charge in [0.1, 0.15) is 0 Å². The fourth-order valence-corrected chi connectivity index (χ4v) is 16.4. The molecule has 0 bridgehead atoms. The first-order chi connectivity index (χ1) is 15.5. The average Bonchev–Trinajstić information content (AvgIpc) is 3.36. The Morgan fingerprint density at radius 1 is 0.812 bits per heavy atom. The Kier molecular flexibility index (Phi) is 6.95. The Hall–Kier alpha value is -0.563. The summed E-state index contributed by atoms with van der Waals surface area (Å²) in [5.41, 5.74) is 3.86. The molecule has 0 aliphatic heterocycles. The van der Waals surface area contributed by atoms with Crippen LogP contribution in [0.4, 0.5) is 0 Å². The van der Waals surface area contributed by atoms with Crippen molar-refractivity contribution in [3.05, 3.63) is 35.9 Å². The van der Waals surface area contributed by atoms with Crippen LogP contribution in [-0.4, -0.2) is 8.07 Å². The zero-order valence-corrected chi connectivity index (χ0v) is 22.6.